The second-order valence-corrected chi connectivity index (χ2v) is 16.8. The van der Waals surface area contributed by atoms with Crippen LogP contribution in [0.5, 0.6) is 0 Å². The lowest BCUT2D eigenvalue weighted by molar-refractivity contribution is 0.944. The zero-order chi connectivity index (χ0) is 26.7. The minimum absolute atomic E-state index is 1.02. The van der Waals surface area contributed by atoms with Crippen molar-refractivity contribution in [1.29, 1.82) is 0 Å². The van der Waals surface area contributed by atoms with E-state index in [0.29, 0.717) is 0 Å². The number of aromatic nitrogens is 4. The molecule has 0 fully saturated rings. The van der Waals surface area contributed by atoms with Gasteiger partial charge in [-0.3, -0.25) is 0 Å². The van der Waals surface area contributed by atoms with Gasteiger partial charge in [-0.15, -0.1) is 23.5 Å². The number of nitrogens with zero attached hydrogens (tertiary/aromatic N) is 4. The highest BCUT2D eigenvalue weighted by molar-refractivity contribution is 7.99. The van der Waals surface area contributed by atoms with Gasteiger partial charge in [0.2, 0.25) is 0 Å². The van der Waals surface area contributed by atoms with Crippen molar-refractivity contribution in [3.05, 3.63) is 103 Å². The molecular formula is C31H32N4S2Si. The maximum absolute atomic E-state index is 4.90. The Balaban J connectivity index is 0.000000158. The van der Waals surface area contributed by atoms with Crippen molar-refractivity contribution >= 4 is 47.9 Å². The summed E-state index contributed by atoms with van der Waals surface area (Å²) < 4.78 is 4.11. The third-order valence-electron chi connectivity index (χ3n) is 6.33. The fraction of sp³-hybridized carbons (Fsp3) is 0.161. The van der Waals surface area contributed by atoms with Gasteiger partial charge in [0.25, 0.3) is 0 Å². The second kappa shape index (κ2) is 11.2. The van der Waals surface area contributed by atoms with Crippen LogP contribution in [0, 0.1) is 0 Å². The Bertz CT molecular complexity index is 1670. The number of benzene rings is 2. The summed E-state index contributed by atoms with van der Waals surface area (Å²) in [5, 5.41) is 10.9. The van der Waals surface area contributed by atoms with E-state index >= 15 is 0 Å². The lowest BCUT2D eigenvalue weighted by Gasteiger charge is -2.21. The Morgan fingerprint density at radius 2 is 1.21 bits per heavy atom. The largest absolute Gasteiger partial charge is 0.241 e. The zero-order valence-corrected chi connectivity index (χ0v) is 25.1. The monoisotopic (exact) mass is 552 g/mol. The summed E-state index contributed by atoms with van der Waals surface area (Å²) in [6.07, 6.45) is 6.28. The van der Waals surface area contributed by atoms with Crippen LogP contribution in [0.4, 0.5) is 0 Å². The Morgan fingerprint density at radius 3 is 1.79 bits per heavy atom. The molecule has 0 saturated carbocycles. The van der Waals surface area contributed by atoms with Gasteiger partial charge in [-0.05, 0) is 48.9 Å². The highest BCUT2D eigenvalue weighted by Gasteiger charge is 2.24. The van der Waals surface area contributed by atoms with Crippen LogP contribution >= 0.6 is 23.5 Å². The first-order valence-electron chi connectivity index (χ1n) is 12.6. The SMILES string of the molecule is CSc1ccc2cc(-c3ccccc3)nn2c1.CSc1ccc2cc(-c3ccccc3)nn2c1[Si](C)(C)C. The van der Waals surface area contributed by atoms with Gasteiger partial charge in [-0.25, -0.2) is 9.03 Å². The molecule has 0 saturated heterocycles. The lowest BCUT2D eigenvalue weighted by atomic mass is 10.1. The number of hydrogen-bond donors (Lipinski definition) is 0. The number of hydrogen-bond acceptors (Lipinski definition) is 4. The molecule has 0 atom stereocenters. The quantitative estimate of drug-likeness (QED) is 0.160. The van der Waals surface area contributed by atoms with Crippen LogP contribution in [0.3, 0.4) is 0 Å². The molecule has 0 aliphatic carbocycles. The van der Waals surface area contributed by atoms with Gasteiger partial charge < -0.3 is 0 Å². The normalized spacial score (nSPS) is 11.5. The fourth-order valence-electron chi connectivity index (χ4n) is 4.48. The Morgan fingerprint density at radius 1 is 0.632 bits per heavy atom. The molecule has 192 valence electrons. The van der Waals surface area contributed by atoms with Crippen molar-refractivity contribution in [3.8, 4) is 22.5 Å². The van der Waals surface area contributed by atoms with Crippen molar-refractivity contribution in [2.45, 2.75) is 29.4 Å². The molecule has 0 aliphatic heterocycles. The topological polar surface area (TPSA) is 34.6 Å². The minimum atomic E-state index is -1.47. The first-order chi connectivity index (χ1) is 18.4. The van der Waals surface area contributed by atoms with E-state index in [9.17, 15) is 0 Å². The average molecular weight is 553 g/mol. The van der Waals surface area contributed by atoms with E-state index < -0.39 is 8.07 Å². The van der Waals surface area contributed by atoms with Gasteiger partial charge in [0.15, 0.2) is 0 Å². The minimum Gasteiger partial charge on any atom is -0.241 e. The Hall–Kier alpha value is -3.26. The summed E-state index contributed by atoms with van der Waals surface area (Å²) in [6.45, 7) is 7.14. The Kier molecular flexibility index (Phi) is 7.79. The standard InChI is InChI=1S/C17H20N2SSi.C14H12N2S/c1-20-16-11-10-14-12-15(13-8-6-5-7-9-13)18-19(14)17(16)21(2,3)4;1-17-13-8-7-12-9-14(15-16(12)10-13)11-5-3-2-4-6-11/h5-12H,1-4H3;2-10H,1H3. The van der Waals surface area contributed by atoms with E-state index in [-0.39, 0.29) is 0 Å². The van der Waals surface area contributed by atoms with Gasteiger partial charge in [0, 0.05) is 32.4 Å². The van der Waals surface area contributed by atoms with Gasteiger partial charge in [0.05, 0.1) is 22.4 Å². The van der Waals surface area contributed by atoms with Crippen molar-refractivity contribution in [3.63, 3.8) is 0 Å². The average Bonchev–Trinajstić information content (AvgIpc) is 3.57. The molecule has 4 nitrogen and oxygen atoms in total. The summed E-state index contributed by atoms with van der Waals surface area (Å²) in [6, 6.07) is 33.6. The molecule has 4 aromatic heterocycles. The highest BCUT2D eigenvalue weighted by Crippen LogP contribution is 2.24. The summed E-state index contributed by atoms with van der Waals surface area (Å²) in [4.78, 5) is 2.57. The molecule has 6 rings (SSSR count). The molecule has 2 aromatic carbocycles. The van der Waals surface area contributed by atoms with Crippen LogP contribution in [0.15, 0.2) is 113 Å². The van der Waals surface area contributed by atoms with Crippen LogP contribution in [0.2, 0.25) is 19.6 Å². The van der Waals surface area contributed by atoms with Gasteiger partial charge in [-0.2, -0.15) is 10.2 Å². The van der Waals surface area contributed by atoms with Crippen LogP contribution in [0.1, 0.15) is 0 Å². The van der Waals surface area contributed by atoms with Crippen molar-refractivity contribution < 1.29 is 0 Å². The summed E-state index contributed by atoms with van der Waals surface area (Å²) >= 11 is 3.54. The Labute approximate surface area is 234 Å². The van der Waals surface area contributed by atoms with E-state index in [4.69, 9.17) is 5.10 Å². The second-order valence-electron chi connectivity index (χ2n) is 10.1. The molecule has 38 heavy (non-hydrogen) atoms. The summed E-state index contributed by atoms with van der Waals surface area (Å²) in [5.74, 6) is 0. The van der Waals surface area contributed by atoms with E-state index in [0.717, 1.165) is 22.5 Å². The number of thioether (sulfide) groups is 2. The predicted octanol–water partition coefficient (Wildman–Crippen LogP) is 7.99. The molecule has 6 aromatic rings. The third-order valence-corrected chi connectivity index (χ3v) is 9.89. The lowest BCUT2D eigenvalue weighted by Crippen LogP contribution is -2.44. The van der Waals surface area contributed by atoms with Gasteiger partial charge in [0.1, 0.15) is 8.07 Å². The molecular weight excluding hydrogens is 521 g/mol. The molecule has 0 spiro atoms. The molecule has 0 amide bonds. The van der Waals surface area contributed by atoms with Gasteiger partial charge in [-0.1, -0.05) is 80.3 Å². The zero-order valence-electron chi connectivity index (χ0n) is 22.4. The van der Waals surface area contributed by atoms with E-state index in [1.165, 1.54) is 26.2 Å². The number of fused-ring (bicyclic) bond motifs is 2. The molecule has 0 N–H and O–H groups in total. The van der Waals surface area contributed by atoms with Crippen LogP contribution in [0.25, 0.3) is 33.5 Å². The smallest absolute Gasteiger partial charge is 0.103 e. The van der Waals surface area contributed by atoms with E-state index in [2.05, 4.69) is 121 Å². The maximum atomic E-state index is 4.90. The number of pyridine rings is 2. The molecule has 0 unspecified atom stereocenters. The van der Waals surface area contributed by atoms with Gasteiger partial charge >= 0.3 is 0 Å². The van der Waals surface area contributed by atoms with Crippen molar-refractivity contribution in [1.82, 2.24) is 19.2 Å². The van der Waals surface area contributed by atoms with Crippen LogP contribution in [-0.4, -0.2) is 39.8 Å². The number of rotatable bonds is 5. The van der Waals surface area contributed by atoms with E-state index in [1.54, 1.807) is 11.8 Å². The first kappa shape index (κ1) is 26.3. The van der Waals surface area contributed by atoms with Crippen LogP contribution in [-0.2, 0) is 0 Å². The molecule has 0 bridgehead atoms. The maximum Gasteiger partial charge on any atom is 0.103 e. The summed E-state index contributed by atoms with van der Waals surface area (Å²) in [7, 11) is -1.47. The highest BCUT2D eigenvalue weighted by atomic mass is 32.2. The summed E-state index contributed by atoms with van der Waals surface area (Å²) in [5.41, 5.74) is 6.71. The van der Waals surface area contributed by atoms with Crippen molar-refractivity contribution in [2.24, 2.45) is 0 Å². The molecule has 4 heterocycles. The third kappa shape index (κ3) is 5.60. The van der Waals surface area contributed by atoms with E-state index in [1.807, 2.05) is 40.5 Å². The predicted molar refractivity (Wildman–Crippen MR) is 168 cm³/mol. The van der Waals surface area contributed by atoms with Crippen LogP contribution < -0.4 is 5.32 Å². The fourth-order valence-corrected chi connectivity index (χ4v) is 8.23. The molecule has 7 heteroatoms. The first-order valence-corrected chi connectivity index (χ1v) is 18.5. The molecule has 0 radical (unpaired) electrons. The molecule has 0 aliphatic rings. The van der Waals surface area contributed by atoms with Crippen molar-refractivity contribution in [2.75, 3.05) is 12.5 Å².